The largest absolute Gasteiger partial charge is 0.364 e. The minimum Gasteiger partial charge on any atom is -0.364 e. The molecule has 0 N–H and O–H groups in total. The smallest absolute Gasteiger partial charge is 0.0448 e. The summed E-state index contributed by atoms with van der Waals surface area (Å²) in [7, 11) is 0. The lowest BCUT2D eigenvalue weighted by atomic mass is 9.96. The fraction of sp³-hybridized carbons (Fsp3) is 0.312. The van der Waals surface area contributed by atoms with Gasteiger partial charge in [-0.05, 0) is 59.0 Å². The summed E-state index contributed by atoms with van der Waals surface area (Å²) < 4.78 is 1.04. The van der Waals surface area contributed by atoms with E-state index in [4.69, 9.17) is 0 Å². The first kappa shape index (κ1) is 12.7. The summed E-state index contributed by atoms with van der Waals surface area (Å²) in [6.45, 7) is 3.23. The maximum Gasteiger partial charge on any atom is 0.0448 e. The second-order valence-electron chi connectivity index (χ2n) is 5.16. The van der Waals surface area contributed by atoms with Crippen LogP contribution in [0, 0.1) is 0 Å². The van der Waals surface area contributed by atoms with Gasteiger partial charge in [0.1, 0.15) is 0 Å². The number of halogens is 1. The van der Waals surface area contributed by atoms with Gasteiger partial charge in [0.25, 0.3) is 0 Å². The van der Waals surface area contributed by atoms with Crippen LogP contribution in [0.25, 0.3) is 0 Å². The molecule has 1 unspecified atom stereocenters. The molecule has 0 fully saturated rings. The van der Waals surface area contributed by atoms with Gasteiger partial charge < -0.3 is 4.90 Å². The van der Waals surface area contributed by atoms with Crippen molar-refractivity contribution in [3.63, 3.8) is 0 Å². The highest BCUT2D eigenvalue weighted by atomic mass is 79.9. The highest BCUT2D eigenvalue weighted by Gasteiger charge is 2.22. The number of para-hydroxylation sites is 1. The number of nitrogens with zero attached hydrogens (tertiary/aromatic N) is 2. The Kier molecular flexibility index (Phi) is 3.56. The van der Waals surface area contributed by atoms with Crippen molar-refractivity contribution in [2.45, 2.75) is 32.4 Å². The third-order valence-corrected chi connectivity index (χ3v) is 4.21. The highest BCUT2D eigenvalue weighted by Crippen LogP contribution is 2.31. The molecular formula is C16H17BrN2. The van der Waals surface area contributed by atoms with Crippen LogP contribution in [0.5, 0.6) is 0 Å². The maximum absolute atomic E-state index is 4.26. The summed E-state index contributed by atoms with van der Waals surface area (Å²) in [6, 6.07) is 11.5. The number of anilines is 1. The molecule has 0 bridgehead atoms. The van der Waals surface area contributed by atoms with Crippen LogP contribution in [-0.4, -0.2) is 11.0 Å². The molecule has 2 heterocycles. The van der Waals surface area contributed by atoms with Crippen LogP contribution >= 0.6 is 15.9 Å². The first-order valence-electron chi connectivity index (χ1n) is 6.68. The molecule has 0 radical (unpaired) electrons. The molecule has 19 heavy (non-hydrogen) atoms. The highest BCUT2D eigenvalue weighted by molar-refractivity contribution is 9.10. The van der Waals surface area contributed by atoms with E-state index in [9.17, 15) is 0 Å². The molecule has 3 rings (SSSR count). The fourth-order valence-electron chi connectivity index (χ4n) is 2.74. The van der Waals surface area contributed by atoms with Gasteiger partial charge in [-0.3, -0.25) is 4.98 Å². The van der Waals surface area contributed by atoms with Gasteiger partial charge in [-0.15, -0.1) is 0 Å². The summed E-state index contributed by atoms with van der Waals surface area (Å²) in [5.41, 5.74) is 4.09. The van der Waals surface area contributed by atoms with Crippen molar-refractivity contribution >= 4 is 21.6 Å². The molecule has 0 spiro atoms. The lowest BCUT2D eigenvalue weighted by Gasteiger charge is -2.37. The SMILES string of the molecule is CC1CCc2ccccc2N1Cc1cncc(Br)c1. The molecule has 1 aliphatic rings. The average molecular weight is 317 g/mol. The predicted molar refractivity (Wildman–Crippen MR) is 82.3 cm³/mol. The number of aromatic nitrogens is 1. The van der Waals surface area contributed by atoms with E-state index in [0.29, 0.717) is 6.04 Å². The number of hydrogen-bond acceptors (Lipinski definition) is 2. The summed E-state index contributed by atoms with van der Waals surface area (Å²) >= 11 is 3.49. The van der Waals surface area contributed by atoms with Gasteiger partial charge >= 0.3 is 0 Å². The van der Waals surface area contributed by atoms with Crippen molar-refractivity contribution in [3.05, 3.63) is 58.3 Å². The van der Waals surface area contributed by atoms with E-state index in [0.717, 1.165) is 11.0 Å². The van der Waals surface area contributed by atoms with E-state index in [1.807, 2.05) is 12.4 Å². The summed E-state index contributed by atoms with van der Waals surface area (Å²) in [6.07, 6.45) is 6.19. The monoisotopic (exact) mass is 316 g/mol. The first-order valence-corrected chi connectivity index (χ1v) is 7.47. The maximum atomic E-state index is 4.26. The van der Waals surface area contributed by atoms with Gasteiger partial charge in [0.05, 0.1) is 0 Å². The van der Waals surface area contributed by atoms with Crippen LogP contribution < -0.4 is 4.90 Å². The van der Waals surface area contributed by atoms with Crippen LogP contribution in [-0.2, 0) is 13.0 Å². The molecule has 0 aliphatic carbocycles. The normalized spacial score (nSPS) is 18.2. The van der Waals surface area contributed by atoms with Gasteiger partial charge in [-0.1, -0.05) is 18.2 Å². The van der Waals surface area contributed by atoms with E-state index in [2.05, 4.69) is 63.1 Å². The number of benzene rings is 1. The zero-order valence-corrected chi connectivity index (χ0v) is 12.6. The van der Waals surface area contributed by atoms with Crippen molar-refractivity contribution in [1.82, 2.24) is 4.98 Å². The second-order valence-corrected chi connectivity index (χ2v) is 6.07. The molecule has 1 aromatic heterocycles. The van der Waals surface area contributed by atoms with Gasteiger partial charge in [0.15, 0.2) is 0 Å². The minimum absolute atomic E-state index is 0.578. The number of pyridine rings is 1. The first-order chi connectivity index (χ1) is 9.24. The Morgan fingerprint density at radius 3 is 3.00 bits per heavy atom. The third kappa shape index (κ3) is 2.66. The second kappa shape index (κ2) is 5.33. The topological polar surface area (TPSA) is 16.1 Å². The third-order valence-electron chi connectivity index (χ3n) is 3.78. The summed E-state index contributed by atoms with van der Waals surface area (Å²) in [5, 5.41) is 0. The molecule has 1 aromatic carbocycles. The quantitative estimate of drug-likeness (QED) is 0.826. The van der Waals surface area contributed by atoms with Crippen LogP contribution in [0.2, 0.25) is 0 Å². The molecule has 2 aromatic rings. The summed E-state index contributed by atoms with van der Waals surface area (Å²) in [4.78, 5) is 6.75. The Morgan fingerprint density at radius 2 is 2.16 bits per heavy atom. The van der Waals surface area contributed by atoms with Gasteiger partial charge in [0.2, 0.25) is 0 Å². The Balaban J connectivity index is 1.91. The zero-order chi connectivity index (χ0) is 13.2. The van der Waals surface area contributed by atoms with E-state index < -0.39 is 0 Å². The number of fused-ring (bicyclic) bond motifs is 1. The molecular weight excluding hydrogens is 300 g/mol. The lowest BCUT2D eigenvalue weighted by Crippen LogP contribution is -2.36. The van der Waals surface area contributed by atoms with Gasteiger partial charge in [-0.2, -0.15) is 0 Å². The Labute approximate surface area is 122 Å². The number of aryl methyl sites for hydroxylation is 1. The molecule has 1 atom stereocenters. The fourth-order valence-corrected chi connectivity index (χ4v) is 3.15. The van der Waals surface area contributed by atoms with Gasteiger partial charge in [0, 0.05) is 35.1 Å². The Bertz CT molecular complexity index is 582. The van der Waals surface area contributed by atoms with Gasteiger partial charge in [-0.25, -0.2) is 0 Å². The molecule has 0 saturated carbocycles. The molecule has 0 amide bonds. The zero-order valence-electron chi connectivity index (χ0n) is 11.0. The van der Waals surface area contributed by atoms with Crippen LogP contribution in [0.3, 0.4) is 0 Å². The average Bonchev–Trinajstić information content (AvgIpc) is 2.42. The standard InChI is InChI=1S/C16H17BrN2/c1-12-6-7-14-4-2-3-5-16(14)19(12)11-13-8-15(17)10-18-9-13/h2-5,8-10,12H,6-7,11H2,1H3. The van der Waals surface area contributed by atoms with Crippen molar-refractivity contribution in [1.29, 1.82) is 0 Å². The van der Waals surface area contributed by atoms with Crippen molar-refractivity contribution < 1.29 is 0 Å². The van der Waals surface area contributed by atoms with E-state index in [-0.39, 0.29) is 0 Å². The Hall–Kier alpha value is -1.35. The molecule has 0 saturated heterocycles. The molecule has 98 valence electrons. The van der Waals surface area contributed by atoms with Crippen LogP contribution in [0.15, 0.2) is 47.2 Å². The number of rotatable bonds is 2. The predicted octanol–water partition coefficient (Wildman–Crippen LogP) is 4.19. The number of hydrogen-bond donors (Lipinski definition) is 0. The van der Waals surface area contributed by atoms with Crippen molar-refractivity contribution in [2.75, 3.05) is 4.90 Å². The molecule has 1 aliphatic heterocycles. The van der Waals surface area contributed by atoms with Crippen molar-refractivity contribution in [2.24, 2.45) is 0 Å². The minimum atomic E-state index is 0.578. The molecule has 2 nitrogen and oxygen atoms in total. The van der Waals surface area contributed by atoms with Crippen LogP contribution in [0.1, 0.15) is 24.5 Å². The summed E-state index contributed by atoms with van der Waals surface area (Å²) in [5.74, 6) is 0. The van der Waals surface area contributed by atoms with E-state index in [1.165, 1.54) is 29.7 Å². The Morgan fingerprint density at radius 1 is 1.32 bits per heavy atom. The van der Waals surface area contributed by atoms with E-state index >= 15 is 0 Å². The van der Waals surface area contributed by atoms with E-state index in [1.54, 1.807) is 0 Å². The molecule has 3 heteroatoms. The van der Waals surface area contributed by atoms with Crippen molar-refractivity contribution in [3.8, 4) is 0 Å². The van der Waals surface area contributed by atoms with Crippen LogP contribution in [0.4, 0.5) is 5.69 Å². The lowest BCUT2D eigenvalue weighted by molar-refractivity contribution is 0.560.